The van der Waals surface area contributed by atoms with Crippen LogP contribution in [-0.2, 0) is 60.1 Å². The molecule has 1 aliphatic heterocycles. The van der Waals surface area contributed by atoms with Crippen molar-refractivity contribution in [3.8, 4) is 34.4 Å². The smallest absolute Gasteiger partial charge is 0.431 e. The monoisotopic (exact) mass is 1090 g/mol. The van der Waals surface area contributed by atoms with Crippen molar-refractivity contribution in [2.24, 2.45) is 12.8 Å². The number of aliphatic carboxylic acids is 1. The van der Waals surface area contributed by atoms with Gasteiger partial charge in [0.25, 0.3) is 5.56 Å². The Morgan fingerprint density at radius 1 is 0.934 bits per heavy atom. The maximum absolute atomic E-state index is 13.1. The van der Waals surface area contributed by atoms with E-state index in [-0.39, 0.29) is 36.3 Å². The summed E-state index contributed by atoms with van der Waals surface area (Å²) in [5.74, 6) is 0.566. The van der Waals surface area contributed by atoms with E-state index in [9.17, 15) is 41.7 Å². The van der Waals surface area contributed by atoms with Gasteiger partial charge in [-0.25, -0.2) is 24.0 Å². The quantitative estimate of drug-likeness (QED) is 0.0388. The van der Waals surface area contributed by atoms with E-state index >= 15 is 0 Å². The first-order valence-corrected chi connectivity index (χ1v) is 25.8. The number of benzene rings is 4. The Labute approximate surface area is 437 Å². The lowest BCUT2D eigenvalue weighted by Crippen LogP contribution is -2.45. The number of nitrogens with zero attached hydrogens (tertiary/aromatic N) is 3. The van der Waals surface area contributed by atoms with Gasteiger partial charge in [0.15, 0.2) is 13.5 Å². The molecule has 0 fully saturated rings. The molecular formula is C52H65F3N5O15P. The standard InChI is InChI=1S/C25H25F3N2O6.C22H28N2O5.C5H12NO4P/c1-5-16-6-7-17(20(12-16)36-15(2)23(32)34-4)14-35-19-10-8-18(9-11-19)30-22(31)13-21(25(26,27)28)29(3)24(30)33;1-21(2)14-22(3,26-5)29-19-13-17(11-12-18(19)21)28-16-9-7-15(8-10-16)23-20(25)24(4)27-6;1-11(9,10)3-2-4(6)5(7)8/h6-13,15H,5,14H2,1-4H3;7-13H,14H2,1-6H3,(H,23,25);4H,2-3,6H2,1H3,(H,7,8)(H,9,10). The van der Waals surface area contributed by atoms with Crippen LogP contribution < -0.4 is 41.2 Å². The summed E-state index contributed by atoms with van der Waals surface area (Å²) in [6, 6.07) is 23.2. The number of hydrogen-bond acceptors (Lipinski definition) is 14. The number of nitrogens with two attached hydrogens (primary N) is 1. The second-order valence-electron chi connectivity index (χ2n) is 18.3. The van der Waals surface area contributed by atoms with Crippen LogP contribution in [0.15, 0.2) is 101 Å². The first kappa shape index (κ1) is 61.4. The molecule has 0 spiro atoms. The predicted molar refractivity (Wildman–Crippen MR) is 276 cm³/mol. The van der Waals surface area contributed by atoms with E-state index in [1.165, 1.54) is 52.2 Å². The molecule has 2 amide bonds. The van der Waals surface area contributed by atoms with Crippen LogP contribution in [0.2, 0.25) is 0 Å². The van der Waals surface area contributed by atoms with Gasteiger partial charge in [0.1, 0.15) is 47.1 Å². The number of carboxylic acids is 1. The average Bonchev–Trinajstić information content (AvgIpc) is 3.36. The number of esters is 1. The summed E-state index contributed by atoms with van der Waals surface area (Å²) in [5.41, 5.74) is 4.97. The number of urea groups is 1. The van der Waals surface area contributed by atoms with E-state index in [2.05, 4.69) is 19.2 Å². The molecule has 0 saturated carbocycles. The predicted octanol–water partition coefficient (Wildman–Crippen LogP) is 8.25. The van der Waals surface area contributed by atoms with E-state index in [4.69, 9.17) is 49.0 Å². The third kappa shape index (κ3) is 17.2. The number of aromatic nitrogens is 2. The summed E-state index contributed by atoms with van der Waals surface area (Å²) in [4.78, 5) is 72.0. The van der Waals surface area contributed by atoms with Gasteiger partial charge in [-0.3, -0.25) is 23.6 Å². The molecule has 0 aliphatic carbocycles. The van der Waals surface area contributed by atoms with Gasteiger partial charge in [-0.05, 0) is 91.4 Å². The van der Waals surface area contributed by atoms with Crippen LogP contribution in [0.5, 0.6) is 28.7 Å². The fraction of sp³-hybridized carbons (Fsp3) is 0.404. The van der Waals surface area contributed by atoms with Gasteiger partial charge in [-0.2, -0.15) is 13.2 Å². The van der Waals surface area contributed by atoms with E-state index in [1.807, 2.05) is 50.2 Å². The van der Waals surface area contributed by atoms with Gasteiger partial charge in [-0.15, -0.1) is 0 Å². The van der Waals surface area contributed by atoms with Crippen molar-refractivity contribution in [2.45, 2.75) is 90.0 Å². The number of carbonyl (C=O) groups is 3. The molecule has 1 aliphatic rings. The van der Waals surface area contributed by atoms with Crippen molar-refractivity contribution in [2.75, 3.05) is 46.5 Å². The average molecular weight is 1090 g/mol. The fourth-order valence-electron chi connectivity index (χ4n) is 7.46. The highest BCUT2D eigenvalue weighted by molar-refractivity contribution is 7.57. The molecule has 1 aromatic heterocycles. The van der Waals surface area contributed by atoms with Crippen LogP contribution in [0.25, 0.3) is 5.69 Å². The van der Waals surface area contributed by atoms with E-state index < -0.39 is 60.4 Å². The normalized spacial score (nSPS) is 16.0. The SMILES string of the molecule is CCc1ccc(COc2ccc(-n3c(=O)cc(C(F)(F)F)n(C)c3=O)cc2)c(OC(C)C(=O)OC)c1.CON(C)C(=O)Nc1ccc(Oc2ccc3c(c2)OC(C)(OC)CC3(C)C)cc1.CP(=O)(O)CCC(N)C(=O)O. The zero-order valence-corrected chi connectivity index (χ0v) is 44.9. The minimum Gasteiger partial charge on any atom is -0.489 e. The molecule has 20 nitrogen and oxygen atoms in total. The number of fused-ring (bicyclic) bond motifs is 1. The Kier molecular flexibility index (Phi) is 21.0. The van der Waals surface area contributed by atoms with E-state index in [0.29, 0.717) is 49.4 Å². The molecule has 24 heteroatoms. The summed E-state index contributed by atoms with van der Waals surface area (Å²) in [6.07, 6.45) is -4.15. The lowest BCUT2D eigenvalue weighted by atomic mass is 9.76. The molecule has 4 aromatic carbocycles. The third-order valence-corrected chi connectivity index (χ3v) is 12.8. The van der Waals surface area contributed by atoms with Crippen LogP contribution in [0.4, 0.5) is 23.7 Å². The lowest BCUT2D eigenvalue weighted by Gasteiger charge is -2.43. The van der Waals surface area contributed by atoms with Crippen molar-refractivity contribution in [1.82, 2.24) is 14.2 Å². The number of aryl methyl sites for hydroxylation is 1. The summed E-state index contributed by atoms with van der Waals surface area (Å²) in [7, 11) is 3.73. The van der Waals surface area contributed by atoms with Gasteiger partial charge < -0.3 is 49.5 Å². The second kappa shape index (κ2) is 26.1. The van der Waals surface area contributed by atoms with Gasteiger partial charge in [0.05, 0.1) is 19.9 Å². The second-order valence-corrected chi connectivity index (χ2v) is 20.9. The van der Waals surface area contributed by atoms with Crippen molar-refractivity contribution in [3.05, 3.63) is 134 Å². The number of hydroxylamine groups is 2. The molecule has 4 unspecified atom stereocenters. The number of halogens is 3. The van der Waals surface area contributed by atoms with Crippen LogP contribution in [0.3, 0.4) is 0 Å². The zero-order chi connectivity index (χ0) is 56.9. The highest BCUT2D eigenvalue weighted by Crippen LogP contribution is 2.46. The highest BCUT2D eigenvalue weighted by Gasteiger charge is 2.42. The number of rotatable bonds is 17. The zero-order valence-electron chi connectivity index (χ0n) is 44.1. The fourth-order valence-corrected chi connectivity index (χ4v) is 8.22. The molecule has 76 heavy (non-hydrogen) atoms. The summed E-state index contributed by atoms with van der Waals surface area (Å²) < 4.78 is 84.8. The summed E-state index contributed by atoms with van der Waals surface area (Å²) >= 11 is 0. The van der Waals surface area contributed by atoms with E-state index in [0.717, 1.165) is 41.8 Å². The highest BCUT2D eigenvalue weighted by atomic mass is 31.2. The number of carbonyl (C=O) groups excluding carboxylic acids is 2. The maximum Gasteiger partial charge on any atom is 0.431 e. The Hall–Kier alpha value is -7.17. The first-order chi connectivity index (χ1) is 35.4. The number of anilines is 1. The largest absolute Gasteiger partial charge is 0.489 e. The molecule has 0 bridgehead atoms. The molecule has 2 heterocycles. The molecule has 0 radical (unpaired) electrons. The van der Waals surface area contributed by atoms with Crippen LogP contribution in [0, 0.1) is 0 Å². The number of carboxylic acid groups (broad SMARTS) is 1. The Morgan fingerprint density at radius 2 is 1.55 bits per heavy atom. The molecule has 5 aromatic rings. The number of hydrogen-bond donors (Lipinski definition) is 4. The maximum atomic E-state index is 13.1. The minimum atomic E-state index is -4.84. The molecule has 0 saturated heterocycles. The van der Waals surface area contributed by atoms with Crippen molar-refractivity contribution >= 4 is 31.0 Å². The molecule has 4 atom stereocenters. The van der Waals surface area contributed by atoms with Gasteiger partial charge in [0, 0.05) is 76.3 Å². The van der Waals surface area contributed by atoms with Gasteiger partial charge in [0.2, 0.25) is 5.79 Å². The molecular weight excluding hydrogens is 1020 g/mol. The van der Waals surface area contributed by atoms with Gasteiger partial charge >= 0.3 is 29.8 Å². The van der Waals surface area contributed by atoms with Crippen LogP contribution >= 0.6 is 7.37 Å². The lowest BCUT2D eigenvalue weighted by molar-refractivity contribution is -0.172. The Bertz CT molecular complexity index is 2980. The summed E-state index contributed by atoms with van der Waals surface area (Å²) in [5, 5.41) is 12.1. The van der Waals surface area contributed by atoms with Crippen molar-refractivity contribution in [1.29, 1.82) is 0 Å². The molecule has 6 rings (SSSR count). The first-order valence-electron chi connectivity index (χ1n) is 23.5. The summed E-state index contributed by atoms with van der Waals surface area (Å²) in [6.45, 7) is 11.1. The van der Waals surface area contributed by atoms with Crippen LogP contribution in [0.1, 0.15) is 69.8 Å². The van der Waals surface area contributed by atoms with Crippen molar-refractivity contribution < 1.29 is 75.4 Å². The number of alkyl halides is 3. The van der Waals surface area contributed by atoms with Gasteiger partial charge in [-0.1, -0.05) is 39.0 Å². The number of nitrogens with one attached hydrogen (secondary N) is 1. The Morgan fingerprint density at radius 3 is 2.11 bits per heavy atom. The Balaban J connectivity index is 0.000000279. The minimum absolute atomic E-state index is 0.0412. The van der Waals surface area contributed by atoms with E-state index in [1.54, 1.807) is 38.3 Å². The van der Waals surface area contributed by atoms with Crippen LogP contribution in [-0.4, -0.2) is 101 Å². The topological polar surface area (TPSA) is 259 Å². The molecule has 5 N–H and O–H groups in total. The molecule has 414 valence electrons. The third-order valence-electron chi connectivity index (χ3n) is 11.8. The number of methoxy groups -OCH3 is 2. The number of amides is 2. The van der Waals surface area contributed by atoms with Crippen molar-refractivity contribution in [3.63, 3.8) is 0 Å². The number of ether oxygens (including phenoxy) is 6.